The van der Waals surface area contributed by atoms with E-state index < -0.39 is 5.95 Å². The average Bonchev–Trinajstić information content (AvgIpc) is 2.39. The lowest BCUT2D eigenvalue weighted by Gasteiger charge is -2.14. The topological polar surface area (TPSA) is 42.0 Å². The Balaban J connectivity index is 2.08. The normalized spacial score (nSPS) is 11.9. The third-order valence-corrected chi connectivity index (χ3v) is 3.24. The summed E-state index contributed by atoms with van der Waals surface area (Å²) in [5, 5.41) is 2.81. The lowest BCUT2D eigenvalue weighted by Crippen LogP contribution is -2.26. The summed E-state index contributed by atoms with van der Waals surface area (Å²) in [6.45, 7) is 1.87. The molecule has 3 nitrogen and oxygen atoms in total. The van der Waals surface area contributed by atoms with Crippen LogP contribution < -0.4 is 5.32 Å². The number of halogens is 2. The summed E-state index contributed by atoms with van der Waals surface area (Å²) in [5.74, 6) is -0.985. The number of benzene rings is 1. The molecule has 1 aromatic heterocycles. The van der Waals surface area contributed by atoms with Crippen LogP contribution in [0.15, 0.2) is 47.1 Å². The fourth-order valence-electron chi connectivity index (χ4n) is 1.66. The summed E-state index contributed by atoms with van der Waals surface area (Å²) < 4.78 is 13.9. The van der Waals surface area contributed by atoms with Gasteiger partial charge in [0.05, 0.1) is 6.04 Å². The standard InChI is InChI=1S/C14H12BrFN2O/c1-9(10-2-4-12(15)5-3-10)18-14(19)11-6-7-17-13(16)8-11/h2-9H,1H3,(H,18,19). The van der Waals surface area contributed by atoms with Crippen LogP contribution in [0.2, 0.25) is 0 Å². The van der Waals surface area contributed by atoms with Crippen molar-refractivity contribution in [2.24, 2.45) is 0 Å². The second-order valence-corrected chi connectivity index (χ2v) is 5.03. The molecule has 1 atom stereocenters. The van der Waals surface area contributed by atoms with Gasteiger partial charge in [-0.1, -0.05) is 28.1 Å². The minimum Gasteiger partial charge on any atom is -0.346 e. The first kappa shape index (κ1) is 13.7. The van der Waals surface area contributed by atoms with Crippen molar-refractivity contribution in [3.05, 3.63) is 64.1 Å². The monoisotopic (exact) mass is 322 g/mol. The summed E-state index contributed by atoms with van der Waals surface area (Å²) >= 11 is 3.35. The fraction of sp³-hybridized carbons (Fsp3) is 0.143. The average molecular weight is 323 g/mol. The number of pyridine rings is 1. The molecule has 98 valence electrons. The van der Waals surface area contributed by atoms with E-state index in [1.807, 2.05) is 31.2 Å². The maximum absolute atomic E-state index is 12.9. The van der Waals surface area contributed by atoms with E-state index in [9.17, 15) is 9.18 Å². The third-order valence-electron chi connectivity index (χ3n) is 2.71. The second-order valence-electron chi connectivity index (χ2n) is 4.11. The van der Waals surface area contributed by atoms with Gasteiger partial charge in [0.25, 0.3) is 5.91 Å². The Morgan fingerprint density at radius 2 is 2.00 bits per heavy atom. The van der Waals surface area contributed by atoms with Gasteiger partial charge >= 0.3 is 0 Å². The van der Waals surface area contributed by atoms with Gasteiger partial charge in [-0.3, -0.25) is 4.79 Å². The molecule has 0 aliphatic carbocycles. The lowest BCUT2D eigenvalue weighted by molar-refractivity contribution is 0.0939. The lowest BCUT2D eigenvalue weighted by atomic mass is 10.1. The van der Waals surface area contributed by atoms with E-state index in [1.165, 1.54) is 12.3 Å². The number of carbonyl (C=O) groups excluding carboxylic acids is 1. The van der Waals surface area contributed by atoms with Crippen molar-refractivity contribution in [3.8, 4) is 0 Å². The summed E-state index contributed by atoms with van der Waals surface area (Å²) in [5.41, 5.74) is 1.24. The van der Waals surface area contributed by atoms with Crippen molar-refractivity contribution in [3.63, 3.8) is 0 Å². The number of carbonyl (C=O) groups is 1. The Morgan fingerprint density at radius 1 is 1.32 bits per heavy atom. The van der Waals surface area contributed by atoms with Gasteiger partial charge in [0.15, 0.2) is 0 Å². The van der Waals surface area contributed by atoms with Gasteiger partial charge in [0, 0.05) is 22.3 Å². The van der Waals surface area contributed by atoms with E-state index >= 15 is 0 Å². The maximum atomic E-state index is 12.9. The quantitative estimate of drug-likeness (QED) is 0.879. The third kappa shape index (κ3) is 3.61. The Kier molecular flexibility index (Phi) is 4.27. The molecule has 1 aromatic carbocycles. The predicted octanol–water partition coefficient (Wildman–Crippen LogP) is 3.47. The van der Waals surface area contributed by atoms with Crippen LogP contribution in [0.3, 0.4) is 0 Å². The predicted molar refractivity (Wildman–Crippen MR) is 74.2 cm³/mol. The molecule has 0 saturated heterocycles. The number of hydrogen-bond donors (Lipinski definition) is 1. The summed E-state index contributed by atoms with van der Waals surface area (Å²) in [6.07, 6.45) is 1.27. The number of hydrogen-bond acceptors (Lipinski definition) is 2. The highest BCUT2D eigenvalue weighted by atomic mass is 79.9. The van der Waals surface area contributed by atoms with Crippen LogP contribution in [0.5, 0.6) is 0 Å². The minimum atomic E-state index is -0.663. The van der Waals surface area contributed by atoms with E-state index in [4.69, 9.17) is 0 Å². The maximum Gasteiger partial charge on any atom is 0.251 e. The summed E-state index contributed by atoms with van der Waals surface area (Å²) in [7, 11) is 0. The first-order chi connectivity index (χ1) is 9.06. The van der Waals surface area contributed by atoms with Gasteiger partial charge < -0.3 is 5.32 Å². The van der Waals surface area contributed by atoms with Crippen LogP contribution in [-0.2, 0) is 0 Å². The molecule has 0 aliphatic heterocycles. The molecule has 0 aliphatic rings. The molecule has 19 heavy (non-hydrogen) atoms. The van der Waals surface area contributed by atoms with Gasteiger partial charge in [-0.15, -0.1) is 0 Å². The first-order valence-corrected chi connectivity index (χ1v) is 6.53. The van der Waals surface area contributed by atoms with E-state index in [2.05, 4.69) is 26.2 Å². The number of nitrogens with zero attached hydrogens (tertiary/aromatic N) is 1. The molecular weight excluding hydrogens is 311 g/mol. The van der Waals surface area contributed by atoms with E-state index in [1.54, 1.807) is 0 Å². The zero-order valence-corrected chi connectivity index (χ0v) is 11.8. The van der Waals surface area contributed by atoms with Crippen molar-refractivity contribution < 1.29 is 9.18 Å². The Bertz CT molecular complexity index is 586. The Morgan fingerprint density at radius 3 is 2.63 bits per heavy atom. The molecule has 0 fully saturated rings. The molecular formula is C14H12BrFN2O. The zero-order valence-electron chi connectivity index (χ0n) is 10.2. The van der Waals surface area contributed by atoms with Crippen molar-refractivity contribution in [1.29, 1.82) is 0 Å². The smallest absolute Gasteiger partial charge is 0.251 e. The van der Waals surface area contributed by atoms with E-state index in [0.29, 0.717) is 0 Å². The molecule has 5 heteroatoms. The highest BCUT2D eigenvalue weighted by Crippen LogP contribution is 2.17. The second kappa shape index (κ2) is 5.93. The molecule has 0 saturated carbocycles. The molecule has 0 radical (unpaired) electrons. The molecule has 2 rings (SSSR count). The van der Waals surface area contributed by atoms with E-state index in [-0.39, 0.29) is 17.5 Å². The highest BCUT2D eigenvalue weighted by Gasteiger charge is 2.12. The van der Waals surface area contributed by atoms with Crippen molar-refractivity contribution in [2.75, 3.05) is 0 Å². The van der Waals surface area contributed by atoms with Crippen LogP contribution in [0.4, 0.5) is 4.39 Å². The Hall–Kier alpha value is -1.75. The SMILES string of the molecule is CC(NC(=O)c1ccnc(F)c1)c1ccc(Br)cc1. The fourth-order valence-corrected chi connectivity index (χ4v) is 1.92. The minimum absolute atomic E-state index is 0.156. The molecule has 1 N–H and O–H groups in total. The van der Waals surface area contributed by atoms with Crippen LogP contribution in [0.1, 0.15) is 28.9 Å². The van der Waals surface area contributed by atoms with Crippen LogP contribution in [0, 0.1) is 5.95 Å². The van der Waals surface area contributed by atoms with Crippen molar-refractivity contribution in [2.45, 2.75) is 13.0 Å². The molecule has 1 heterocycles. The van der Waals surface area contributed by atoms with Gasteiger partial charge in [0.1, 0.15) is 0 Å². The largest absolute Gasteiger partial charge is 0.346 e. The molecule has 1 unspecified atom stereocenters. The number of aromatic nitrogens is 1. The summed E-state index contributed by atoms with van der Waals surface area (Å²) in [4.78, 5) is 15.4. The van der Waals surface area contributed by atoms with Gasteiger partial charge in [-0.25, -0.2) is 4.98 Å². The van der Waals surface area contributed by atoms with Gasteiger partial charge in [-0.05, 0) is 30.7 Å². The molecule has 0 spiro atoms. The number of rotatable bonds is 3. The van der Waals surface area contributed by atoms with Gasteiger partial charge in [-0.2, -0.15) is 4.39 Å². The summed E-state index contributed by atoms with van der Waals surface area (Å²) in [6, 6.07) is 10.1. The van der Waals surface area contributed by atoms with Crippen LogP contribution in [-0.4, -0.2) is 10.9 Å². The Labute approximate surface area is 119 Å². The molecule has 2 aromatic rings. The van der Waals surface area contributed by atoms with Crippen molar-refractivity contribution in [1.82, 2.24) is 10.3 Å². The number of nitrogens with one attached hydrogen (secondary N) is 1. The van der Waals surface area contributed by atoms with Gasteiger partial charge in [0.2, 0.25) is 5.95 Å². The zero-order chi connectivity index (χ0) is 13.8. The number of amides is 1. The van der Waals surface area contributed by atoms with Crippen molar-refractivity contribution >= 4 is 21.8 Å². The van der Waals surface area contributed by atoms with Crippen LogP contribution >= 0.6 is 15.9 Å². The van der Waals surface area contributed by atoms with E-state index in [0.717, 1.165) is 16.1 Å². The van der Waals surface area contributed by atoms with Crippen LogP contribution in [0.25, 0.3) is 0 Å². The highest BCUT2D eigenvalue weighted by molar-refractivity contribution is 9.10. The first-order valence-electron chi connectivity index (χ1n) is 5.74. The molecule has 1 amide bonds. The molecule has 0 bridgehead atoms.